The highest BCUT2D eigenvalue weighted by Gasteiger charge is 2.26. The van der Waals surface area contributed by atoms with Gasteiger partial charge in [0.1, 0.15) is 0 Å². The van der Waals surface area contributed by atoms with Gasteiger partial charge in [-0.1, -0.05) is 48.6 Å². The van der Waals surface area contributed by atoms with Crippen LogP contribution in [0.25, 0.3) is 21.8 Å². The summed E-state index contributed by atoms with van der Waals surface area (Å²) in [6.45, 7) is 0. The van der Waals surface area contributed by atoms with E-state index in [0.29, 0.717) is 12.1 Å². The summed E-state index contributed by atoms with van der Waals surface area (Å²) >= 11 is 0. The summed E-state index contributed by atoms with van der Waals surface area (Å²) in [5.74, 6) is 0. The smallest absolute Gasteiger partial charge is 0.0578 e. The fourth-order valence-electron chi connectivity index (χ4n) is 4.38. The van der Waals surface area contributed by atoms with Crippen molar-refractivity contribution < 1.29 is 0 Å². The van der Waals surface area contributed by atoms with Crippen molar-refractivity contribution in [2.24, 2.45) is 0 Å². The number of allylic oxidation sites excluding steroid dienone is 2. The van der Waals surface area contributed by atoms with E-state index in [1.165, 1.54) is 28.2 Å². The molecule has 2 unspecified atom stereocenters. The number of aromatic nitrogens is 2. The van der Waals surface area contributed by atoms with Crippen LogP contribution in [0.5, 0.6) is 0 Å². The first-order valence-corrected chi connectivity index (χ1v) is 9.18. The van der Waals surface area contributed by atoms with Gasteiger partial charge in [-0.2, -0.15) is 0 Å². The minimum absolute atomic E-state index is 0.439. The standard InChI is InChI=1S/C23H22N2/c1-2-12-22(24-16-14-18-8-4-6-10-20(18)24)23(13-3-1)25-17-15-19-9-5-7-11-21(19)25/h1-2,4-11,14-17,22-23H,3,12-13H2. The Morgan fingerprint density at radius 3 is 1.92 bits per heavy atom. The SMILES string of the molecule is C1=CCC(n2ccc3ccccc32)C(n2ccc3ccccc32)CC1. The molecule has 5 rings (SSSR count). The molecule has 124 valence electrons. The molecule has 1 aliphatic carbocycles. The highest BCUT2D eigenvalue weighted by molar-refractivity contribution is 5.81. The van der Waals surface area contributed by atoms with Crippen LogP contribution in [0.4, 0.5) is 0 Å². The van der Waals surface area contributed by atoms with Crippen molar-refractivity contribution in [1.29, 1.82) is 0 Å². The van der Waals surface area contributed by atoms with E-state index in [0.717, 1.165) is 12.8 Å². The Labute approximate surface area is 148 Å². The molecule has 0 saturated carbocycles. The van der Waals surface area contributed by atoms with E-state index in [1.807, 2.05) is 0 Å². The average molecular weight is 326 g/mol. The van der Waals surface area contributed by atoms with Crippen LogP contribution in [-0.4, -0.2) is 9.13 Å². The quantitative estimate of drug-likeness (QED) is 0.393. The predicted octanol–water partition coefficient (Wildman–Crippen LogP) is 6.12. The lowest BCUT2D eigenvalue weighted by molar-refractivity contribution is 0.330. The molecule has 2 nitrogen and oxygen atoms in total. The average Bonchev–Trinajstić information content (AvgIpc) is 3.20. The maximum absolute atomic E-state index is 2.50. The van der Waals surface area contributed by atoms with Crippen LogP contribution in [0.1, 0.15) is 31.3 Å². The Bertz CT molecular complexity index is 1050. The lowest BCUT2D eigenvalue weighted by Crippen LogP contribution is -2.21. The molecule has 1 aliphatic rings. The van der Waals surface area contributed by atoms with Gasteiger partial charge in [0.25, 0.3) is 0 Å². The van der Waals surface area contributed by atoms with E-state index in [4.69, 9.17) is 0 Å². The van der Waals surface area contributed by atoms with Crippen LogP contribution in [0, 0.1) is 0 Å². The highest BCUT2D eigenvalue weighted by atomic mass is 15.1. The lowest BCUT2D eigenvalue weighted by atomic mass is 10.0. The summed E-state index contributed by atoms with van der Waals surface area (Å²) in [4.78, 5) is 0. The summed E-state index contributed by atoms with van der Waals surface area (Å²) in [7, 11) is 0. The van der Waals surface area contributed by atoms with Gasteiger partial charge in [0.2, 0.25) is 0 Å². The van der Waals surface area contributed by atoms with Crippen LogP contribution in [0.2, 0.25) is 0 Å². The maximum atomic E-state index is 2.50. The van der Waals surface area contributed by atoms with E-state index in [1.54, 1.807) is 0 Å². The first-order chi connectivity index (χ1) is 12.4. The third kappa shape index (κ3) is 2.41. The summed E-state index contributed by atoms with van der Waals surface area (Å²) < 4.78 is 4.99. The van der Waals surface area contributed by atoms with E-state index < -0.39 is 0 Å². The molecule has 0 aliphatic heterocycles. The Kier molecular flexibility index (Phi) is 3.48. The zero-order valence-electron chi connectivity index (χ0n) is 14.3. The van der Waals surface area contributed by atoms with Crippen molar-refractivity contribution in [3.63, 3.8) is 0 Å². The van der Waals surface area contributed by atoms with Crippen LogP contribution in [0.3, 0.4) is 0 Å². The van der Waals surface area contributed by atoms with Gasteiger partial charge in [-0.05, 0) is 54.3 Å². The molecule has 0 N–H and O–H groups in total. The van der Waals surface area contributed by atoms with Gasteiger partial charge in [0.05, 0.1) is 12.1 Å². The van der Waals surface area contributed by atoms with E-state index in [2.05, 4.69) is 94.3 Å². The van der Waals surface area contributed by atoms with Crippen LogP contribution >= 0.6 is 0 Å². The number of hydrogen-bond acceptors (Lipinski definition) is 0. The first-order valence-electron chi connectivity index (χ1n) is 9.18. The van der Waals surface area contributed by atoms with E-state index in [9.17, 15) is 0 Å². The third-order valence-corrected chi connectivity index (χ3v) is 5.59. The second-order valence-electron chi connectivity index (χ2n) is 6.98. The minimum Gasteiger partial charge on any atom is -0.342 e. The minimum atomic E-state index is 0.439. The molecule has 4 aromatic rings. The van der Waals surface area contributed by atoms with Gasteiger partial charge in [0, 0.05) is 23.4 Å². The van der Waals surface area contributed by atoms with Crippen molar-refractivity contribution in [3.05, 3.63) is 85.2 Å². The fourth-order valence-corrected chi connectivity index (χ4v) is 4.38. The zero-order valence-corrected chi connectivity index (χ0v) is 14.3. The summed E-state index contributed by atoms with van der Waals surface area (Å²) in [5, 5.41) is 2.66. The number of para-hydroxylation sites is 2. The van der Waals surface area contributed by atoms with Crippen LogP contribution in [-0.2, 0) is 0 Å². The fraction of sp³-hybridized carbons (Fsp3) is 0.217. The van der Waals surface area contributed by atoms with Gasteiger partial charge in [0.15, 0.2) is 0 Å². The predicted molar refractivity (Wildman–Crippen MR) is 105 cm³/mol. The van der Waals surface area contributed by atoms with Crippen LogP contribution in [0.15, 0.2) is 85.2 Å². The van der Waals surface area contributed by atoms with Crippen molar-refractivity contribution in [2.45, 2.75) is 31.3 Å². The van der Waals surface area contributed by atoms with Crippen molar-refractivity contribution in [3.8, 4) is 0 Å². The number of benzene rings is 2. The molecule has 0 amide bonds. The van der Waals surface area contributed by atoms with Gasteiger partial charge in [-0.3, -0.25) is 0 Å². The number of fused-ring (bicyclic) bond motifs is 2. The van der Waals surface area contributed by atoms with Crippen molar-refractivity contribution >= 4 is 21.8 Å². The molecule has 0 saturated heterocycles. The molecular formula is C23H22N2. The molecule has 2 aromatic heterocycles. The van der Waals surface area contributed by atoms with Gasteiger partial charge in [-0.15, -0.1) is 0 Å². The van der Waals surface area contributed by atoms with Crippen molar-refractivity contribution in [1.82, 2.24) is 9.13 Å². The summed E-state index contributed by atoms with van der Waals surface area (Å²) in [6, 6.07) is 22.8. The zero-order chi connectivity index (χ0) is 16.6. The number of nitrogens with zero attached hydrogens (tertiary/aromatic N) is 2. The Morgan fingerprint density at radius 1 is 0.640 bits per heavy atom. The Balaban J connectivity index is 1.66. The van der Waals surface area contributed by atoms with Crippen molar-refractivity contribution in [2.75, 3.05) is 0 Å². The monoisotopic (exact) mass is 326 g/mol. The molecular weight excluding hydrogens is 304 g/mol. The second-order valence-corrected chi connectivity index (χ2v) is 6.98. The largest absolute Gasteiger partial charge is 0.342 e. The molecule has 0 spiro atoms. The second kappa shape index (κ2) is 5.96. The number of hydrogen-bond donors (Lipinski definition) is 0. The molecule has 2 heteroatoms. The number of rotatable bonds is 2. The van der Waals surface area contributed by atoms with E-state index >= 15 is 0 Å². The van der Waals surface area contributed by atoms with Gasteiger partial charge in [-0.25, -0.2) is 0 Å². The molecule has 2 heterocycles. The van der Waals surface area contributed by atoms with Gasteiger partial charge >= 0.3 is 0 Å². The summed E-state index contributed by atoms with van der Waals surface area (Å²) in [6.07, 6.45) is 12.7. The summed E-state index contributed by atoms with van der Waals surface area (Å²) in [5.41, 5.74) is 2.68. The Morgan fingerprint density at radius 2 is 1.24 bits per heavy atom. The van der Waals surface area contributed by atoms with Gasteiger partial charge < -0.3 is 9.13 Å². The maximum Gasteiger partial charge on any atom is 0.0578 e. The topological polar surface area (TPSA) is 9.86 Å². The lowest BCUT2D eigenvalue weighted by Gasteiger charge is -2.29. The van der Waals surface area contributed by atoms with E-state index in [-0.39, 0.29) is 0 Å². The van der Waals surface area contributed by atoms with Crippen LogP contribution < -0.4 is 0 Å². The highest BCUT2D eigenvalue weighted by Crippen LogP contribution is 2.38. The Hall–Kier alpha value is -2.74. The molecule has 2 atom stereocenters. The molecule has 2 aromatic carbocycles. The third-order valence-electron chi connectivity index (χ3n) is 5.59. The first kappa shape index (κ1) is 14.6. The molecule has 25 heavy (non-hydrogen) atoms. The molecule has 0 radical (unpaired) electrons. The normalized spacial score (nSPS) is 21.0. The molecule has 0 fully saturated rings. The molecule has 0 bridgehead atoms.